The van der Waals surface area contributed by atoms with Gasteiger partial charge in [0.05, 0.1) is 0 Å². The fourth-order valence-electron chi connectivity index (χ4n) is 2.63. The van der Waals surface area contributed by atoms with Crippen LogP contribution < -0.4 is 15.5 Å². The molecule has 4 nitrogen and oxygen atoms in total. The van der Waals surface area contributed by atoms with Gasteiger partial charge in [0, 0.05) is 31.2 Å². The van der Waals surface area contributed by atoms with E-state index in [9.17, 15) is 4.79 Å². The van der Waals surface area contributed by atoms with Gasteiger partial charge in [-0.1, -0.05) is 25.1 Å². The number of carbonyl (C=O) groups excluding carboxylic acids is 1. The van der Waals surface area contributed by atoms with Crippen molar-refractivity contribution in [3.63, 3.8) is 0 Å². The summed E-state index contributed by atoms with van der Waals surface area (Å²) >= 11 is 0. The maximum atomic E-state index is 12.0. The second-order valence-electron chi connectivity index (χ2n) is 5.77. The highest BCUT2D eigenvalue weighted by atomic mass is 16.1. The number of rotatable bonds is 8. The third-order valence-corrected chi connectivity index (χ3v) is 4.34. The molecule has 1 heterocycles. The highest BCUT2D eigenvalue weighted by Crippen LogP contribution is 2.16. The number of nitrogens with zero attached hydrogens (tertiary/aromatic N) is 1. The lowest BCUT2D eigenvalue weighted by molar-refractivity contribution is -0.126. The largest absolute Gasteiger partial charge is 0.372 e. The molecule has 0 radical (unpaired) electrons. The van der Waals surface area contributed by atoms with Gasteiger partial charge < -0.3 is 15.5 Å². The van der Waals surface area contributed by atoms with E-state index in [1.54, 1.807) is 0 Å². The van der Waals surface area contributed by atoms with E-state index in [-0.39, 0.29) is 11.8 Å². The van der Waals surface area contributed by atoms with Crippen molar-refractivity contribution in [3.05, 3.63) is 30.3 Å². The van der Waals surface area contributed by atoms with E-state index < -0.39 is 0 Å². The number of nitrogens with one attached hydrogen (secondary N) is 2. The number of carbonyl (C=O) groups is 1. The van der Waals surface area contributed by atoms with E-state index in [0.29, 0.717) is 5.92 Å². The third kappa shape index (κ3) is 4.46. The first kappa shape index (κ1) is 15.8. The minimum absolute atomic E-state index is 0.127. The molecule has 1 aromatic rings. The van der Waals surface area contributed by atoms with Crippen molar-refractivity contribution < 1.29 is 4.79 Å². The molecular weight excluding hydrogens is 262 g/mol. The van der Waals surface area contributed by atoms with Crippen LogP contribution in [0, 0.1) is 11.8 Å². The average Bonchev–Trinajstić information content (AvgIpc) is 2.46. The molecule has 0 aliphatic carbocycles. The monoisotopic (exact) mass is 289 g/mol. The van der Waals surface area contributed by atoms with Crippen molar-refractivity contribution in [1.82, 2.24) is 10.6 Å². The van der Waals surface area contributed by atoms with Gasteiger partial charge in [-0.2, -0.15) is 0 Å². The Hall–Kier alpha value is -1.55. The van der Waals surface area contributed by atoms with Crippen molar-refractivity contribution in [3.8, 4) is 0 Å². The van der Waals surface area contributed by atoms with Crippen molar-refractivity contribution in [2.45, 2.75) is 20.3 Å². The van der Waals surface area contributed by atoms with Crippen LogP contribution in [0.5, 0.6) is 0 Å². The van der Waals surface area contributed by atoms with Gasteiger partial charge in [0.15, 0.2) is 0 Å². The zero-order valence-electron chi connectivity index (χ0n) is 13.1. The van der Waals surface area contributed by atoms with Crippen LogP contribution in [0.2, 0.25) is 0 Å². The summed E-state index contributed by atoms with van der Waals surface area (Å²) < 4.78 is 0. The summed E-state index contributed by atoms with van der Waals surface area (Å²) in [5, 5.41) is 6.29. The predicted molar refractivity (Wildman–Crippen MR) is 87.5 cm³/mol. The SMILES string of the molecule is CCN(CCCNC(=O)C(C)C1CNC1)c1ccccc1. The summed E-state index contributed by atoms with van der Waals surface area (Å²) in [4.78, 5) is 14.3. The molecule has 2 N–H and O–H groups in total. The van der Waals surface area contributed by atoms with Gasteiger partial charge in [0.2, 0.25) is 5.91 Å². The van der Waals surface area contributed by atoms with E-state index >= 15 is 0 Å². The topological polar surface area (TPSA) is 44.4 Å². The first-order chi connectivity index (χ1) is 10.2. The molecule has 0 saturated carbocycles. The summed E-state index contributed by atoms with van der Waals surface area (Å²) in [6, 6.07) is 10.4. The number of amides is 1. The molecule has 2 rings (SSSR count). The Morgan fingerprint density at radius 3 is 2.67 bits per heavy atom. The molecule has 0 aromatic heterocycles. The Balaban J connectivity index is 1.67. The molecule has 0 bridgehead atoms. The molecular formula is C17H27N3O. The molecule has 0 spiro atoms. The van der Waals surface area contributed by atoms with Crippen molar-refractivity contribution >= 4 is 11.6 Å². The van der Waals surface area contributed by atoms with Crippen LogP contribution in [0.3, 0.4) is 0 Å². The molecule has 1 saturated heterocycles. The number of hydrogen-bond donors (Lipinski definition) is 2. The van der Waals surface area contributed by atoms with Crippen LogP contribution in [0.25, 0.3) is 0 Å². The second kappa shape index (κ2) is 8.03. The lowest BCUT2D eigenvalue weighted by atomic mass is 9.88. The molecule has 4 heteroatoms. The molecule has 116 valence electrons. The van der Waals surface area contributed by atoms with Gasteiger partial charge in [0.1, 0.15) is 0 Å². The minimum Gasteiger partial charge on any atom is -0.372 e. The van der Waals surface area contributed by atoms with Gasteiger partial charge in [-0.15, -0.1) is 0 Å². The molecule has 21 heavy (non-hydrogen) atoms. The van der Waals surface area contributed by atoms with Crippen LogP contribution in [0.4, 0.5) is 5.69 Å². The fraction of sp³-hybridized carbons (Fsp3) is 0.588. The molecule has 1 aliphatic heterocycles. The number of benzene rings is 1. The van der Waals surface area contributed by atoms with Gasteiger partial charge in [-0.05, 0) is 44.5 Å². The van der Waals surface area contributed by atoms with Gasteiger partial charge in [0.25, 0.3) is 0 Å². The summed E-state index contributed by atoms with van der Waals surface area (Å²) in [5.41, 5.74) is 1.25. The number of hydrogen-bond acceptors (Lipinski definition) is 3. The summed E-state index contributed by atoms with van der Waals surface area (Å²) in [6.07, 6.45) is 0.976. The van der Waals surface area contributed by atoms with Crippen LogP contribution >= 0.6 is 0 Å². The molecule has 1 unspecified atom stereocenters. The molecule has 1 atom stereocenters. The van der Waals surface area contributed by atoms with Gasteiger partial charge >= 0.3 is 0 Å². The maximum absolute atomic E-state index is 12.0. The summed E-state index contributed by atoms with van der Waals surface area (Å²) in [6.45, 7) is 8.87. The van der Waals surface area contributed by atoms with Crippen molar-refractivity contribution in [1.29, 1.82) is 0 Å². The Bertz CT molecular complexity index is 431. The first-order valence-corrected chi connectivity index (χ1v) is 8.00. The Morgan fingerprint density at radius 2 is 2.10 bits per heavy atom. The number of para-hydroxylation sites is 1. The lowest BCUT2D eigenvalue weighted by Crippen LogP contribution is -2.49. The number of anilines is 1. The van der Waals surface area contributed by atoms with Crippen LogP contribution in [-0.4, -0.2) is 38.6 Å². The van der Waals surface area contributed by atoms with E-state index in [0.717, 1.165) is 39.1 Å². The average molecular weight is 289 g/mol. The van der Waals surface area contributed by atoms with Gasteiger partial charge in [-0.3, -0.25) is 4.79 Å². The first-order valence-electron chi connectivity index (χ1n) is 8.00. The molecule has 1 amide bonds. The normalized spacial score (nSPS) is 16.1. The highest BCUT2D eigenvalue weighted by molar-refractivity contribution is 5.78. The summed E-state index contributed by atoms with van der Waals surface area (Å²) in [7, 11) is 0. The predicted octanol–water partition coefficient (Wildman–Crippen LogP) is 1.87. The van der Waals surface area contributed by atoms with Crippen molar-refractivity contribution in [2.75, 3.05) is 37.6 Å². The lowest BCUT2D eigenvalue weighted by Gasteiger charge is -2.31. The molecule has 1 fully saturated rings. The van der Waals surface area contributed by atoms with Crippen molar-refractivity contribution in [2.24, 2.45) is 11.8 Å². The van der Waals surface area contributed by atoms with E-state index in [4.69, 9.17) is 0 Å². The zero-order valence-corrected chi connectivity index (χ0v) is 13.1. The quantitative estimate of drug-likeness (QED) is 0.718. The van der Waals surface area contributed by atoms with E-state index in [1.165, 1.54) is 5.69 Å². The van der Waals surface area contributed by atoms with Crippen LogP contribution in [0.1, 0.15) is 20.3 Å². The summed E-state index contributed by atoms with van der Waals surface area (Å²) in [5.74, 6) is 0.841. The standard InChI is InChI=1S/C17H27N3O/c1-3-20(16-8-5-4-6-9-16)11-7-10-19-17(21)14(2)15-12-18-13-15/h4-6,8-9,14-15,18H,3,7,10-13H2,1-2H3,(H,19,21). The fourth-order valence-corrected chi connectivity index (χ4v) is 2.63. The van der Waals surface area contributed by atoms with Crippen LogP contribution in [0.15, 0.2) is 30.3 Å². The highest BCUT2D eigenvalue weighted by Gasteiger charge is 2.28. The Labute approximate surface area is 127 Å². The Morgan fingerprint density at radius 1 is 1.38 bits per heavy atom. The minimum atomic E-state index is 0.127. The molecule has 1 aliphatic rings. The zero-order chi connectivity index (χ0) is 15.1. The molecule has 1 aromatic carbocycles. The van der Waals surface area contributed by atoms with Crippen LogP contribution in [-0.2, 0) is 4.79 Å². The smallest absolute Gasteiger partial charge is 0.223 e. The maximum Gasteiger partial charge on any atom is 0.223 e. The Kier molecular flexibility index (Phi) is 6.05. The van der Waals surface area contributed by atoms with E-state index in [1.807, 2.05) is 13.0 Å². The third-order valence-electron chi connectivity index (χ3n) is 4.34. The second-order valence-corrected chi connectivity index (χ2v) is 5.77. The van der Waals surface area contributed by atoms with E-state index in [2.05, 4.69) is 46.7 Å². The van der Waals surface area contributed by atoms with Gasteiger partial charge in [-0.25, -0.2) is 0 Å².